The molecule has 0 saturated carbocycles. The number of hydrogen-bond donors (Lipinski definition) is 4. The van der Waals surface area contributed by atoms with E-state index in [0.29, 0.717) is 17.8 Å². The number of amides is 1. The number of carbonyl (C=O) groups is 1. The van der Waals surface area contributed by atoms with E-state index in [9.17, 15) is 4.79 Å². The molecular weight excluding hydrogens is 304 g/mol. The maximum absolute atomic E-state index is 12.7. The van der Waals surface area contributed by atoms with Crippen LogP contribution in [0, 0.1) is 12.8 Å². The number of aromatic nitrogens is 3. The highest BCUT2D eigenvalue weighted by Gasteiger charge is 2.32. The van der Waals surface area contributed by atoms with Crippen LogP contribution in [0.5, 0.6) is 0 Å². The molecule has 0 aliphatic carbocycles. The van der Waals surface area contributed by atoms with Gasteiger partial charge in [0.2, 0.25) is 5.91 Å². The van der Waals surface area contributed by atoms with E-state index in [0.717, 1.165) is 17.8 Å². The molecule has 0 spiro atoms. The van der Waals surface area contributed by atoms with E-state index < -0.39 is 0 Å². The first-order valence-electron chi connectivity index (χ1n) is 8.30. The van der Waals surface area contributed by atoms with Gasteiger partial charge in [0.25, 0.3) is 0 Å². The molecule has 3 rings (SSSR count). The number of H-pyrrole nitrogens is 1. The summed E-state index contributed by atoms with van der Waals surface area (Å²) in [5, 5.41) is 10.1. The molecule has 1 fully saturated rings. The Bertz CT molecular complexity index is 683. The molecule has 1 amide bonds. The maximum atomic E-state index is 12.7. The highest BCUT2D eigenvalue weighted by Crippen LogP contribution is 2.20. The Hall–Kier alpha value is -2.25. The van der Waals surface area contributed by atoms with Crippen LogP contribution in [-0.2, 0) is 4.79 Å². The average Bonchev–Trinajstić information content (AvgIpc) is 3.22. The molecule has 3 unspecified atom stereocenters. The smallest absolute Gasteiger partial charge is 0.239 e. The van der Waals surface area contributed by atoms with Crippen molar-refractivity contribution in [2.45, 2.75) is 45.3 Å². The van der Waals surface area contributed by atoms with Gasteiger partial charge in [-0.25, -0.2) is 10.4 Å². The number of carbonyl (C=O) groups excluding carboxylic acids is 1. The van der Waals surface area contributed by atoms with Crippen LogP contribution in [-0.4, -0.2) is 33.2 Å². The second-order valence-corrected chi connectivity index (χ2v) is 6.56. The van der Waals surface area contributed by atoms with Crippen molar-refractivity contribution in [1.82, 2.24) is 31.3 Å². The summed E-state index contributed by atoms with van der Waals surface area (Å²) in [5.74, 6) is 1.71. The van der Waals surface area contributed by atoms with Gasteiger partial charge >= 0.3 is 0 Å². The second kappa shape index (κ2) is 7.11. The van der Waals surface area contributed by atoms with Crippen LogP contribution in [0.15, 0.2) is 30.3 Å². The van der Waals surface area contributed by atoms with Crippen LogP contribution in [0.25, 0.3) is 0 Å². The van der Waals surface area contributed by atoms with Crippen molar-refractivity contribution in [3.8, 4) is 0 Å². The van der Waals surface area contributed by atoms with Crippen molar-refractivity contribution >= 4 is 5.91 Å². The van der Waals surface area contributed by atoms with Gasteiger partial charge in [-0.2, -0.15) is 5.10 Å². The summed E-state index contributed by atoms with van der Waals surface area (Å²) in [6.07, 6.45) is 0.762. The Kier molecular flexibility index (Phi) is 4.92. The summed E-state index contributed by atoms with van der Waals surface area (Å²) < 4.78 is 0. The van der Waals surface area contributed by atoms with E-state index >= 15 is 0 Å². The lowest BCUT2D eigenvalue weighted by Crippen LogP contribution is -2.45. The lowest BCUT2D eigenvalue weighted by atomic mass is 9.99. The predicted octanol–water partition coefficient (Wildman–Crippen LogP) is 1.21. The molecule has 1 aromatic heterocycles. The number of nitrogens with one attached hydrogen (secondary N) is 4. The van der Waals surface area contributed by atoms with Crippen molar-refractivity contribution in [2.24, 2.45) is 5.92 Å². The van der Waals surface area contributed by atoms with Crippen molar-refractivity contribution in [1.29, 1.82) is 0 Å². The largest absolute Gasteiger partial charge is 0.341 e. The highest BCUT2D eigenvalue weighted by molar-refractivity contribution is 5.82. The fourth-order valence-corrected chi connectivity index (χ4v) is 2.87. The quantitative estimate of drug-likeness (QED) is 0.662. The van der Waals surface area contributed by atoms with Crippen LogP contribution in [0.3, 0.4) is 0 Å². The number of hydrazine groups is 1. The minimum atomic E-state index is -0.372. The van der Waals surface area contributed by atoms with Crippen LogP contribution >= 0.6 is 0 Å². The standard InChI is InChI=1S/C17H24N6O/c1-10(2)13-9-14(22-21-13)17(24)19-15(12-7-5-4-6-8-12)16-18-11(3)20-23-16/h4-8,10,13-15,21-22H,9H2,1-3H3,(H,19,24)(H,18,20,23). The van der Waals surface area contributed by atoms with Gasteiger partial charge in [-0.15, -0.1) is 0 Å². The lowest BCUT2D eigenvalue weighted by molar-refractivity contribution is -0.123. The molecule has 1 aliphatic rings. The first kappa shape index (κ1) is 16.6. The summed E-state index contributed by atoms with van der Waals surface area (Å²) in [6, 6.07) is 9.42. The molecular formula is C17H24N6O. The Labute approximate surface area is 141 Å². The topological polar surface area (TPSA) is 94.7 Å². The number of rotatable bonds is 5. The monoisotopic (exact) mass is 328 g/mol. The molecule has 2 aromatic rings. The Morgan fingerprint density at radius 2 is 2.00 bits per heavy atom. The van der Waals surface area contributed by atoms with Crippen molar-refractivity contribution in [3.63, 3.8) is 0 Å². The summed E-state index contributed by atoms with van der Waals surface area (Å²) in [7, 11) is 0. The van der Waals surface area contributed by atoms with Crippen molar-refractivity contribution in [2.75, 3.05) is 0 Å². The van der Waals surface area contributed by atoms with Gasteiger partial charge in [0, 0.05) is 6.04 Å². The predicted molar refractivity (Wildman–Crippen MR) is 90.8 cm³/mol. The van der Waals surface area contributed by atoms with Crippen LogP contribution in [0.2, 0.25) is 0 Å². The molecule has 0 radical (unpaired) electrons. The van der Waals surface area contributed by atoms with E-state index in [1.165, 1.54) is 0 Å². The molecule has 7 nitrogen and oxygen atoms in total. The summed E-state index contributed by atoms with van der Waals surface area (Å²) in [6.45, 7) is 6.13. The highest BCUT2D eigenvalue weighted by atomic mass is 16.2. The Morgan fingerprint density at radius 3 is 2.58 bits per heavy atom. The maximum Gasteiger partial charge on any atom is 0.239 e. The van der Waals surface area contributed by atoms with E-state index in [1.807, 2.05) is 37.3 Å². The third kappa shape index (κ3) is 3.63. The van der Waals surface area contributed by atoms with E-state index in [2.05, 4.69) is 45.2 Å². The third-order valence-electron chi connectivity index (χ3n) is 4.35. The molecule has 2 heterocycles. The molecule has 3 atom stereocenters. The minimum Gasteiger partial charge on any atom is -0.341 e. The molecule has 1 saturated heterocycles. The fraction of sp³-hybridized carbons (Fsp3) is 0.471. The molecule has 4 N–H and O–H groups in total. The van der Waals surface area contributed by atoms with Gasteiger partial charge in [0.1, 0.15) is 17.9 Å². The van der Waals surface area contributed by atoms with Gasteiger partial charge in [-0.05, 0) is 24.8 Å². The summed E-state index contributed by atoms with van der Waals surface area (Å²) in [5.41, 5.74) is 7.24. The molecule has 1 aromatic carbocycles. The fourth-order valence-electron chi connectivity index (χ4n) is 2.87. The zero-order valence-corrected chi connectivity index (χ0v) is 14.2. The molecule has 24 heavy (non-hydrogen) atoms. The van der Waals surface area contributed by atoms with Crippen molar-refractivity contribution < 1.29 is 4.79 Å². The van der Waals surface area contributed by atoms with Gasteiger partial charge in [-0.3, -0.25) is 15.3 Å². The first-order valence-corrected chi connectivity index (χ1v) is 8.30. The normalized spacial score (nSPS) is 21.8. The first-order chi connectivity index (χ1) is 11.5. The van der Waals surface area contributed by atoms with E-state index in [4.69, 9.17) is 0 Å². The van der Waals surface area contributed by atoms with Crippen molar-refractivity contribution in [3.05, 3.63) is 47.5 Å². The van der Waals surface area contributed by atoms with Crippen LogP contribution < -0.4 is 16.2 Å². The zero-order chi connectivity index (χ0) is 17.1. The van der Waals surface area contributed by atoms with Gasteiger partial charge in [0.05, 0.1) is 0 Å². The third-order valence-corrected chi connectivity index (χ3v) is 4.35. The van der Waals surface area contributed by atoms with Crippen LogP contribution in [0.4, 0.5) is 0 Å². The van der Waals surface area contributed by atoms with E-state index in [1.54, 1.807) is 0 Å². The minimum absolute atomic E-state index is 0.0537. The second-order valence-electron chi connectivity index (χ2n) is 6.56. The Balaban J connectivity index is 1.76. The summed E-state index contributed by atoms with van der Waals surface area (Å²) in [4.78, 5) is 17.1. The molecule has 1 aliphatic heterocycles. The van der Waals surface area contributed by atoms with Gasteiger partial charge in [0.15, 0.2) is 5.82 Å². The SMILES string of the molecule is Cc1nc(C(NC(=O)C2CC(C(C)C)NN2)c2ccccc2)n[nH]1. The number of aryl methyl sites for hydroxylation is 1. The van der Waals surface area contributed by atoms with E-state index in [-0.39, 0.29) is 18.0 Å². The number of aromatic amines is 1. The average molecular weight is 328 g/mol. The lowest BCUT2D eigenvalue weighted by Gasteiger charge is -2.19. The van der Waals surface area contributed by atoms with Gasteiger partial charge < -0.3 is 5.32 Å². The van der Waals surface area contributed by atoms with Crippen LogP contribution in [0.1, 0.15) is 43.5 Å². The number of benzene rings is 1. The zero-order valence-electron chi connectivity index (χ0n) is 14.2. The Morgan fingerprint density at radius 1 is 1.25 bits per heavy atom. The van der Waals surface area contributed by atoms with Gasteiger partial charge in [-0.1, -0.05) is 44.2 Å². The summed E-state index contributed by atoms with van der Waals surface area (Å²) >= 11 is 0. The number of hydrogen-bond acceptors (Lipinski definition) is 5. The number of nitrogens with zero attached hydrogens (tertiary/aromatic N) is 2. The molecule has 7 heteroatoms. The molecule has 128 valence electrons. The molecule has 0 bridgehead atoms.